The highest BCUT2D eigenvalue weighted by atomic mass is 19.1. The number of nitrogens with one attached hydrogen (secondary N) is 1. The molecule has 1 aromatic carbocycles. The Morgan fingerprint density at radius 1 is 1.35 bits per heavy atom. The third kappa shape index (κ3) is 3.42. The van der Waals surface area contributed by atoms with Gasteiger partial charge in [0.25, 0.3) is 0 Å². The van der Waals surface area contributed by atoms with E-state index in [0.717, 1.165) is 31.7 Å². The number of methoxy groups -OCH3 is 1. The van der Waals surface area contributed by atoms with Crippen molar-refractivity contribution in [3.05, 3.63) is 24.0 Å². The highest BCUT2D eigenvalue weighted by molar-refractivity contribution is 5.59. The van der Waals surface area contributed by atoms with Gasteiger partial charge in [-0.1, -0.05) is 20.8 Å². The zero-order valence-electron chi connectivity index (χ0n) is 12.9. The van der Waals surface area contributed by atoms with Gasteiger partial charge in [-0.3, -0.25) is 0 Å². The van der Waals surface area contributed by atoms with Crippen LogP contribution in [0.4, 0.5) is 10.1 Å². The van der Waals surface area contributed by atoms with E-state index < -0.39 is 0 Å². The molecular weight excluding hydrogens is 255 g/mol. The van der Waals surface area contributed by atoms with E-state index in [0.29, 0.717) is 11.8 Å². The molecule has 1 N–H and O–H groups in total. The van der Waals surface area contributed by atoms with Gasteiger partial charge in [-0.25, -0.2) is 4.39 Å². The summed E-state index contributed by atoms with van der Waals surface area (Å²) in [6.45, 7) is 9.62. The van der Waals surface area contributed by atoms with Crippen molar-refractivity contribution in [3.8, 4) is 5.75 Å². The molecule has 1 aromatic rings. The molecule has 2 rings (SSSR count). The molecule has 0 saturated carbocycles. The minimum Gasteiger partial charge on any atom is -0.494 e. The van der Waals surface area contributed by atoms with Gasteiger partial charge >= 0.3 is 0 Å². The second-order valence-corrected chi connectivity index (χ2v) is 6.49. The van der Waals surface area contributed by atoms with Crippen LogP contribution in [0, 0.1) is 11.2 Å². The van der Waals surface area contributed by atoms with Gasteiger partial charge < -0.3 is 15.0 Å². The smallest absolute Gasteiger partial charge is 0.145 e. The molecule has 20 heavy (non-hydrogen) atoms. The monoisotopic (exact) mass is 280 g/mol. The van der Waals surface area contributed by atoms with Crippen LogP contribution < -0.4 is 15.0 Å². The van der Waals surface area contributed by atoms with Crippen LogP contribution in [-0.4, -0.2) is 32.8 Å². The van der Waals surface area contributed by atoms with Gasteiger partial charge in [-0.15, -0.1) is 0 Å². The van der Waals surface area contributed by atoms with Crippen molar-refractivity contribution in [2.45, 2.75) is 33.2 Å². The molecule has 0 aromatic heterocycles. The molecule has 1 unspecified atom stereocenters. The van der Waals surface area contributed by atoms with E-state index in [9.17, 15) is 4.39 Å². The van der Waals surface area contributed by atoms with Gasteiger partial charge in [0.05, 0.1) is 12.8 Å². The van der Waals surface area contributed by atoms with Crippen LogP contribution in [0.1, 0.15) is 27.2 Å². The largest absolute Gasteiger partial charge is 0.494 e. The minimum absolute atomic E-state index is 0.190. The van der Waals surface area contributed by atoms with E-state index in [1.165, 1.54) is 12.1 Å². The van der Waals surface area contributed by atoms with Crippen LogP contribution in [0.25, 0.3) is 0 Å². The van der Waals surface area contributed by atoms with Crippen molar-refractivity contribution >= 4 is 5.69 Å². The van der Waals surface area contributed by atoms with Crippen molar-refractivity contribution in [2.24, 2.45) is 5.41 Å². The van der Waals surface area contributed by atoms with Crippen LogP contribution in [0.2, 0.25) is 0 Å². The summed E-state index contributed by atoms with van der Waals surface area (Å²) in [6, 6.07) is 5.18. The first-order valence-corrected chi connectivity index (χ1v) is 7.23. The minimum atomic E-state index is -0.258. The van der Waals surface area contributed by atoms with Crippen molar-refractivity contribution in [3.63, 3.8) is 0 Å². The molecule has 3 nitrogen and oxygen atoms in total. The van der Waals surface area contributed by atoms with E-state index in [1.807, 2.05) is 6.07 Å². The summed E-state index contributed by atoms with van der Waals surface area (Å²) in [5.74, 6) is 0.352. The Kier molecular flexibility index (Phi) is 4.53. The number of benzene rings is 1. The second kappa shape index (κ2) is 6.00. The fourth-order valence-corrected chi connectivity index (χ4v) is 2.63. The summed E-state index contributed by atoms with van der Waals surface area (Å²) in [4.78, 5) is 2.30. The topological polar surface area (TPSA) is 24.5 Å². The van der Waals surface area contributed by atoms with E-state index in [4.69, 9.17) is 4.74 Å². The lowest BCUT2D eigenvalue weighted by molar-refractivity contribution is 0.280. The molecule has 112 valence electrons. The predicted molar refractivity (Wildman–Crippen MR) is 81.0 cm³/mol. The average Bonchev–Trinajstić information content (AvgIpc) is 2.64. The van der Waals surface area contributed by atoms with E-state index in [2.05, 4.69) is 31.0 Å². The SMILES string of the molecule is COc1cc(F)ccc1N1CCCNC(C(C)(C)C)C1. The van der Waals surface area contributed by atoms with E-state index in [1.54, 1.807) is 7.11 Å². The quantitative estimate of drug-likeness (QED) is 0.901. The van der Waals surface area contributed by atoms with Gasteiger partial charge in [0.15, 0.2) is 0 Å². The fourth-order valence-electron chi connectivity index (χ4n) is 2.63. The molecule has 0 amide bonds. The van der Waals surface area contributed by atoms with Crippen LogP contribution in [-0.2, 0) is 0 Å². The molecule has 1 fully saturated rings. The summed E-state index contributed by atoms with van der Waals surface area (Å²) in [5, 5.41) is 3.61. The fraction of sp³-hybridized carbons (Fsp3) is 0.625. The summed E-state index contributed by atoms with van der Waals surface area (Å²) in [6.07, 6.45) is 1.08. The molecule has 1 atom stereocenters. The molecule has 1 saturated heterocycles. The molecule has 1 aliphatic heterocycles. The molecular formula is C16H25FN2O. The van der Waals surface area contributed by atoms with E-state index >= 15 is 0 Å². The highest BCUT2D eigenvalue weighted by Gasteiger charge is 2.29. The van der Waals surface area contributed by atoms with Gasteiger partial charge in [-0.2, -0.15) is 0 Å². The zero-order valence-corrected chi connectivity index (χ0v) is 12.9. The summed E-state index contributed by atoms with van der Waals surface area (Å²) in [5.41, 5.74) is 1.17. The Labute approximate surface area is 121 Å². The highest BCUT2D eigenvalue weighted by Crippen LogP contribution is 2.31. The van der Waals surface area contributed by atoms with Gasteiger partial charge in [-0.05, 0) is 30.5 Å². The first kappa shape index (κ1) is 15.1. The van der Waals surface area contributed by atoms with Gasteiger partial charge in [0, 0.05) is 25.2 Å². The number of ether oxygens (including phenoxy) is 1. The van der Waals surface area contributed by atoms with Crippen LogP contribution in [0.3, 0.4) is 0 Å². The Bertz CT molecular complexity index is 456. The molecule has 0 aliphatic carbocycles. The van der Waals surface area contributed by atoms with Crippen LogP contribution in [0.5, 0.6) is 5.75 Å². The van der Waals surface area contributed by atoms with Crippen LogP contribution in [0.15, 0.2) is 18.2 Å². The first-order valence-electron chi connectivity index (χ1n) is 7.23. The number of anilines is 1. The Balaban J connectivity index is 2.26. The third-order valence-corrected chi connectivity index (χ3v) is 3.93. The molecule has 4 heteroatoms. The molecule has 1 aliphatic rings. The number of rotatable bonds is 2. The number of hydrogen-bond donors (Lipinski definition) is 1. The molecule has 0 bridgehead atoms. The summed E-state index contributed by atoms with van der Waals surface area (Å²) in [7, 11) is 1.59. The van der Waals surface area contributed by atoms with Crippen molar-refractivity contribution in [2.75, 3.05) is 31.6 Å². The van der Waals surface area contributed by atoms with Crippen molar-refractivity contribution in [1.82, 2.24) is 5.32 Å². The number of halogens is 1. The lowest BCUT2D eigenvalue weighted by atomic mass is 9.86. The first-order chi connectivity index (χ1) is 9.41. The lowest BCUT2D eigenvalue weighted by Crippen LogP contribution is -2.46. The number of nitrogens with zero attached hydrogens (tertiary/aromatic N) is 1. The van der Waals surface area contributed by atoms with E-state index in [-0.39, 0.29) is 11.2 Å². The van der Waals surface area contributed by atoms with Gasteiger partial charge in [0.1, 0.15) is 11.6 Å². The maximum atomic E-state index is 13.3. The average molecular weight is 280 g/mol. The van der Waals surface area contributed by atoms with Crippen molar-refractivity contribution in [1.29, 1.82) is 0 Å². The zero-order chi connectivity index (χ0) is 14.8. The molecule has 0 spiro atoms. The molecule has 0 radical (unpaired) electrons. The maximum Gasteiger partial charge on any atom is 0.145 e. The second-order valence-electron chi connectivity index (χ2n) is 6.49. The number of hydrogen-bond acceptors (Lipinski definition) is 3. The Morgan fingerprint density at radius 2 is 2.10 bits per heavy atom. The predicted octanol–water partition coefficient (Wildman–Crippen LogP) is 3.05. The van der Waals surface area contributed by atoms with Crippen LogP contribution >= 0.6 is 0 Å². The van der Waals surface area contributed by atoms with Gasteiger partial charge in [0.2, 0.25) is 0 Å². The summed E-state index contributed by atoms with van der Waals surface area (Å²) >= 11 is 0. The molecule has 1 heterocycles. The normalized spacial score (nSPS) is 20.6. The standard InChI is InChI=1S/C16H25FN2O/c1-16(2,3)15-11-19(9-5-8-18-15)13-7-6-12(17)10-14(13)20-4/h6-7,10,15,18H,5,8-9,11H2,1-4H3. The Morgan fingerprint density at radius 3 is 2.75 bits per heavy atom. The lowest BCUT2D eigenvalue weighted by Gasteiger charge is -2.35. The summed E-state index contributed by atoms with van der Waals surface area (Å²) < 4.78 is 18.7. The maximum absolute atomic E-state index is 13.3. The Hall–Kier alpha value is -1.29. The van der Waals surface area contributed by atoms with Crippen molar-refractivity contribution < 1.29 is 9.13 Å². The third-order valence-electron chi connectivity index (χ3n) is 3.93.